The highest BCUT2D eigenvalue weighted by atomic mass is 35.5. The first-order chi connectivity index (χ1) is 7.80. The number of methoxy groups -OCH3 is 1. The van der Waals surface area contributed by atoms with Gasteiger partial charge in [-0.15, -0.1) is 0 Å². The molecule has 0 bridgehead atoms. The van der Waals surface area contributed by atoms with Gasteiger partial charge in [0.15, 0.2) is 0 Å². The minimum Gasteiger partial charge on any atom is -0.373 e. The lowest BCUT2D eigenvalue weighted by atomic mass is 9.91. The first-order valence-electron chi connectivity index (χ1n) is 4.78. The van der Waals surface area contributed by atoms with Crippen molar-refractivity contribution >= 4 is 40.7 Å². The summed E-state index contributed by atoms with van der Waals surface area (Å²) in [6, 6.07) is 3.09. The minimum atomic E-state index is -0.968. The molecule has 1 amide bonds. The van der Waals surface area contributed by atoms with Crippen molar-refractivity contribution in [3.8, 4) is 0 Å². The number of primary amides is 1. The van der Waals surface area contributed by atoms with Gasteiger partial charge in [0, 0.05) is 27.7 Å². The molecule has 1 unspecified atom stereocenters. The molecule has 0 radical (unpaired) electrons. The number of hydrogen-bond donors (Lipinski definition) is 1. The van der Waals surface area contributed by atoms with Crippen LogP contribution in [0.25, 0.3) is 0 Å². The Morgan fingerprint density at radius 2 is 1.82 bits per heavy atom. The van der Waals surface area contributed by atoms with Gasteiger partial charge in [0.2, 0.25) is 5.91 Å². The second-order valence-corrected chi connectivity index (χ2v) is 5.07. The van der Waals surface area contributed by atoms with E-state index in [0.29, 0.717) is 20.6 Å². The Hall–Kier alpha value is -0.480. The van der Waals surface area contributed by atoms with Crippen molar-refractivity contribution in [1.82, 2.24) is 0 Å². The van der Waals surface area contributed by atoms with Crippen LogP contribution in [-0.4, -0.2) is 13.0 Å². The number of hydrogen-bond acceptors (Lipinski definition) is 2. The number of halogens is 3. The lowest BCUT2D eigenvalue weighted by Gasteiger charge is -2.29. The molecule has 17 heavy (non-hydrogen) atoms. The molecule has 1 aromatic rings. The Morgan fingerprint density at radius 1 is 1.35 bits per heavy atom. The van der Waals surface area contributed by atoms with Crippen molar-refractivity contribution in [3.63, 3.8) is 0 Å². The van der Waals surface area contributed by atoms with Crippen LogP contribution in [-0.2, 0) is 15.1 Å². The predicted molar refractivity (Wildman–Crippen MR) is 69.6 cm³/mol. The first kappa shape index (κ1) is 14.6. The second kappa shape index (κ2) is 5.44. The number of carbonyl (C=O) groups is 1. The summed E-state index contributed by atoms with van der Waals surface area (Å²) in [6.45, 7) is 1.69. The Bertz CT molecular complexity index is 427. The van der Waals surface area contributed by atoms with E-state index in [1.165, 1.54) is 7.11 Å². The fourth-order valence-corrected chi connectivity index (χ4v) is 2.86. The van der Waals surface area contributed by atoms with Gasteiger partial charge in [-0.05, 0) is 19.1 Å². The van der Waals surface area contributed by atoms with Crippen LogP contribution in [0.15, 0.2) is 12.1 Å². The smallest absolute Gasteiger partial charge is 0.220 e. The van der Waals surface area contributed by atoms with Crippen LogP contribution in [0.4, 0.5) is 0 Å². The minimum absolute atomic E-state index is 0.0232. The van der Waals surface area contributed by atoms with E-state index in [4.69, 9.17) is 45.3 Å². The molecule has 0 aromatic heterocycles. The van der Waals surface area contributed by atoms with E-state index in [1.807, 2.05) is 0 Å². The summed E-state index contributed by atoms with van der Waals surface area (Å²) in [5, 5.41) is 1.10. The van der Waals surface area contributed by atoms with Gasteiger partial charge in [-0.1, -0.05) is 34.8 Å². The molecule has 0 aliphatic heterocycles. The summed E-state index contributed by atoms with van der Waals surface area (Å²) in [4.78, 5) is 11.1. The van der Waals surface area contributed by atoms with Gasteiger partial charge in [-0.3, -0.25) is 4.79 Å². The van der Waals surface area contributed by atoms with Crippen LogP contribution in [0.5, 0.6) is 0 Å². The summed E-state index contributed by atoms with van der Waals surface area (Å²) in [6.07, 6.45) is -0.0232. The summed E-state index contributed by atoms with van der Waals surface area (Å²) in [7, 11) is 1.46. The lowest BCUT2D eigenvalue weighted by Crippen LogP contribution is -2.31. The van der Waals surface area contributed by atoms with Crippen molar-refractivity contribution in [2.45, 2.75) is 18.9 Å². The van der Waals surface area contributed by atoms with Crippen LogP contribution in [0.1, 0.15) is 18.9 Å². The number of benzene rings is 1. The molecular weight excluding hydrogens is 284 g/mol. The zero-order valence-electron chi connectivity index (χ0n) is 9.39. The van der Waals surface area contributed by atoms with E-state index in [1.54, 1.807) is 19.1 Å². The number of amides is 1. The van der Waals surface area contributed by atoms with Crippen LogP contribution < -0.4 is 5.73 Å². The van der Waals surface area contributed by atoms with E-state index in [9.17, 15) is 4.79 Å². The molecule has 6 heteroatoms. The molecule has 94 valence electrons. The number of rotatable bonds is 4. The van der Waals surface area contributed by atoms with Crippen molar-refractivity contribution in [2.24, 2.45) is 5.73 Å². The molecule has 1 rings (SSSR count). The molecule has 0 saturated carbocycles. The third-order valence-electron chi connectivity index (χ3n) is 2.50. The second-order valence-electron chi connectivity index (χ2n) is 3.82. The SMILES string of the molecule is COC(C)(CC(N)=O)c1c(Cl)cc(Cl)cc1Cl. The fraction of sp³-hybridized carbons (Fsp3) is 0.364. The summed E-state index contributed by atoms with van der Waals surface area (Å²) >= 11 is 18.0. The monoisotopic (exact) mass is 295 g/mol. The molecule has 0 spiro atoms. The first-order valence-corrected chi connectivity index (χ1v) is 5.92. The Kier molecular flexibility index (Phi) is 4.67. The third kappa shape index (κ3) is 3.26. The van der Waals surface area contributed by atoms with Gasteiger partial charge in [-0.25, -0.2) is 0 Å². The number of carbonyl (C=O) groups excluding carboxylic acids is 1. The van der Waals surface area contributed by atoms with E-state index < -0.39 is 11.5 Å². The Labute approximate surface area is 115 Å². The van der Waals surface area contributed by atoms with Crippen molar-refractivity contribution in [3.05, 3.63) is 32.8 Å². The van der Waals surface area contributed by atoms with E-state index in [2.05, 4.69) is 0 Å². The zero-order chi connectivity index (χ0) is 13.2. The van der Waals surface area contributed by atoms with E-state index in [-0.39, 0.29) is 6.42 Å². The molecule has 3 nitrogen and oxygen atoms in total. The van der Waals surface area contributed by atoms with Gasteiger partial charge in [-0.2, -0.15) is 0 Å². The molecule has 0 fully saturated rings. The molecule has 0 heterocycles. The molecular formula is C11H12Cl3NO2. The van der Waals surface area contributed by atoms with Crippen LogP contribution in [0, 0.1) is 0 Å². The maximum absolute atomic E-state index is 11.1. The predicted octanol–water partition coefficient (Wildman–Crippen LogP) is 3.38. The quantitative estimate of drug-likeness (QED) is 0.926. The van der Waals surface area contributed by atoms with Gasteiger partial charge in [0.05, 0.1) is 6.42 Å². The van der Waals surface area contributed by atoms with Gasteiger partial charge < -0.3 is 10.5 Å². The van der Waals surface area contributed by atoms with Gasteiger partial charge >= 0.3 is 0 Å². The molecule has 0 aliphatic carbocycles. The Morgan fingerprint density at radius 3 is 2.18 bits per heavy atom. The highest BCUT2D eigenvalue weighted by Crippen LogP contribution is 2.40. The summed E-state index contributed by atoms with van der Waals surface area (Å²) < 4.78 is 5.32. The van der Waals surface area contributed by atoms with E-state index >= 15 is 0 Å². The highest BCUT2D eigenvalue weighted by molar-refractivity contribution is 6.39. The van der Waals surface area contributed by atoms with Crippen LogP contribution in [0.3, 0.4) is 0 Å². The normalized spacial score (nSPS) is 14.4. The molecule has 1 aromatic carbocycles. The number of nitrogens with two attached hydrogens (primary N) is 1. The average molecular weight is 297 g/mol. The summed E-state index contributed by atoms with van der Waals surface area (Å²) in [5.74, 6) is -0.503. The molecule has 0 saturated heterocycles. The Balaban J connectivity index is 3.34. The van der Waals surface area contributed by atoms with Crippen molar-refractivity contribution in [2.75, 3.05) is 7.11 Å². The maximum Gasteiger partial charge on any atom is 0.220 e. The topological polar surface area (TPSA) is 52.3 Å². The third-order valence-corrected chi connectivity index (χ3v) is 3.31. The van der Waals surface area contributed by atoms with E-state index in [0.717, 1.165) is 0 Å². The molecule has 2 N–H and O–H groups in total. The molecule has 1 atom stereocenters. The lowest BCUT2D eigenvalue weighted by molar-refractivity contribution is -0.124. The fourth-order valence-electron chi connectivity index (χ4n) is 1.64. The van der Waals surface area contributed by atoms with Gasteiger partial charge in [0.25, 0.3) is 0 Å². The summed E-state index contributed by atoms with van der Waals surface area (Å²) in [5.41, 5.74) is 4.73. The van der Waals surface area contributed by atoms with Crippen LogP contribution in [0.2, 0.25) is 15.1 Å². The van der Waals surface area contributed by atoms with Crippen molar-refractivity contribution in [1.29, 1.82) is 0 Å². The molecule has 0 aliphatic rings. The zero-order valence-corrected chi connectivity index (χ0v) is 11.7. The average Bonchev–Trinajstić information content (AvgIpc) is 2.14. The maximum atomic E-state index is 11.1. The van der Waals surface area contributed by atoms with Crippen molar-refractivity contribution < 1.29 is 9.53 Å². The standard InChI is InChI=1S/C11H12Cl3NO2/c1-11(17-2,5-9(15)16)10-7(13)3-6(12)4-8(10)14/h3-4H,5H2,1-2H3,(H2,15,16). The largest absolute Gasteiger partial charge is 0.373 e. The van der Waals surface area contributed by atoms with Crippen LogP contribution >= 0.6 is 34.8 Å². The highest BCUT2D eigenvalue weighted by Gasteiger charge is 2.33. The number of ether oxygens (including phenoxy) is 1. The van der Waals surface area contributed by atoms with Gasteiger partial charge in [0.1, 0.15) is 5.60 Å².